The van der Waals surface area contributed by atoms with Crippen molar-refractivity contribution in [1.82, 2.24) is 9.80 Å². The number of aliphatic hydroxyl groups is 1. The molecule has 0 bridgehead atoms. The number of aliphatic hydroxyl groups excluding tert-OH is 1. The number of ether oxygens (including phenoxy) is 1. The van der Waals surface area contributed by atoms with Crippen LogP contribution in [-0.4, -0.2) is 101 Å². The van der Waals surface area contributed by atoms with Crippen LogP contribution in [-0.2, 0) is 14.3 Å². The van der Waals surface area contributed by atoms with Crippen molar-refractivity contribution in [3.05, 3.63) is 60.7 Å². The number of carbonyl (C=O) groups is 2. The molecule has 3 N–H and O–H groups in total. The number of piperazine rings is 1. The molecule has 1 aliphatic carbocycles. The van der Waals surface area contributed by atoms with Gasteiger partial charge in [-0.05, 0) is 12.1 Å². The summed E-state index contributed by atoms with van der Waals surface area (Å²) in [5, 5.41) is 24.8. The third-order valence-corrected chi connectivity index (χ3v) is 6.92. The van der Waals surface area contributed by atoms with Gasteiger partial charge in [0.05, 0.1) is 31.4 Å². The highest BCUT2D eigenvalue weighted by Gasteiger charge is 2.32. The molecule has 2 unspecified atom stereocenters. The number of aliphatic imine (C=N–C) groups is 1. The molecule has 3 aliphatic rings. The zero-order chi connectivity index (χ0) is 25.0. The molecule has 1 fully saturated rings. The summed E-state index contributed by atoms with van der Waals surface area (Å²) in [6, 6.07) is 8.48. The molecular formula is C25H31N3O6S. The zero-order valence-corrected chi connectivity index (χ0v) is 20.2. The highest BCUT2D eigenvalue weighted by molar-refractivity contribution is 8.00. The van der Waals surface area contributed by atoms with E-state index >= 15 is 0 Å². The van der Waals surface area contributed by atoms with E-state index in [1.54, 1.807) is 0 Å². The fourth-order valence-electron chi connectivity index (χ4n) is 3.91. The van der Waals surface area contributed by atoms with Gasteiger partial charge in [0.2, 0.25) is 0 Å². The Morgan fingerprint density at radius 2 is 1.71 bits per heavy atom. The van der Waals surface area contributed by atoms with Gasteiger partial charge < -0.3 is 25.0 Å². The van der Waals surface area contributed by atoms with Crippen LogP contribution in [0.3, 0.4) is 0 Å². The van der Waals surface area contributed by atoms with Crippen molar-refractivity contribution in [3.8, 4) is 0 Å². The second kappa shape index (κ2) is 13.8. The van der Waals surface area contributed by atoms with Gasteiger partial charge in [0, 0.05) is 55.0 Å². The number of fused-ring (bicyclic) bond motifs is 2. The Bertz CT molecular complexity index is 969. The summed E-state index contributed by atoms with van der Waals surface area (Å²) in [4.78, 5) is 30.4. The van der Waals surface area contributed by atoms with E-state index in [9.17, 15) is 9.59 Å². The van der Waals surface area contributed by atoms with E-state index in [4.69, 9.17) is 25.0 Å². The largest absolute Gasteiger partial charge is 0.478 e. The molecule has 35 heavy (non-hydrogen) atoms. The Hall–Kier alpha value is -2.92. The predicted molar refractivity (Wildman–Crippen MR) is 135 cm³/mol. The normalized spacial score (nSPS) is 21.4. The lowest BCUT2D eigenvalue weighted by molar-refractivity contribution is -0.134. The van der Waals surface area contributed by atoms with Gasteiger partial charge in [0.25, 0.3) is 0 Å². The van der Waals surface area contributed by atoms with Crippen LogP contribution in [0.5, 0.6) is 0 Å². The van der Waals surface area contributed by atoms with E-state index in [2.05, 4.69) is 58.4 Å². The minimum absolute atomic E-state index is 0.0948. The molecule has 2 atom stereocenters. The molecule has 0 amide bonds. The summed E-state index contributed by atoms with van der Waals surface area (Å²) in [5.41, 5.74) is 1.09. The lowest BCUT2D eigenvalue weighted by atomic mass is 9.97. The van der Waals surface area contributed by atoms with E-state index in [-0.39, 0.29) is 6.61 Å². The topological polar surface area (TPSA) is 123 Å². The Kier molecular flexibility index (Phi) is 10.5. The second-order valence-corrected chi connectivity index (χ2v) is 9.21. The standard InChI is InChI=1S/C21H27N3O2S.C4H4O4/c25-14-16-26-15-13-23-9-11-24(12-10-23)21-17-5-1-3-7-19(17)27-20-8-4-2-6-18(20)22-21;5-3(6)1-2-4(7)8/h1-8,17,19,25H,9-16H2;1-2H,(H,5,6)(H,7,8)/b;2-1+. The maximum atomic E-state index is 9.55. The van der Waals surface area contributed by atoms with Crippen molar-refractivity contribution in [2.24, 2.45) is 10.9 Å². The average molecular weight is 502 g/mol. The molecule has 0 radical (unpaired) electrons. The minimum atomic E-state index is -1.26. The second-order valence-electron chi connectivity index (χ2n) is 7.99. The van der Waals surface area contributed by atoms with Gasteiger partial charge >= 0.3 is 11.9 Å². The zero-order valence-electron chi connectivity index (χ0n) is 19.4. The number of hydrogen-bond acceptors (Lipinski definition) is 8. The first-order valence-corrected chi connectivity index (χ1v) is 12.3. The van der Waals surface area contributed by atoms with Crippen LogP contribution in [0.1, 0.15) is 0 Å². The number of allylic oxidation sites excluding steroid dienone is 2. The van der Waals surface area contributed by atoms with Crippen LogP contribution < -0.4 is 0 Å². The van der Waals surface area contributed by atoms with Gasteiger partial charge in [-0.1, -0.05) is 36.4 Å². The minimum Gasteiger partial charge on any atom is -0.478 e. The number of hydrogen-bond donors (Lipinski definition) is 3. The molecule has 1 aromatic rings. The van der Waals surface area contributed by atoms with E-state index in [0.717, 1.165) is 38.4 Å². The maximum absolute atomic E-state index is 9.55. The number of benzene rings is 1. The predicted octanol–water partition coefficient (Wildman–Crippen LogP) is 2.27. The smallest absolute Gasteiger partial charge is 0.328 e. The lowest BCUT2D eigenvalue weighted by Crippen LogP contribution is -2.51. The van der Waals surface area contributed by atoms with Crippen molar-refractivity contribution in [2.75, 3.05) is 52.5 Å². The van der Waals surface area contributed by atoms with Crippen molar-refractivity contribution >= 4 is 35.2 Å². The van der Waals surface area contributed by atoms with Crippen LogP contribution in [0.25, 0.3) is 0 Å². The summed E-state index contributed by atoms with van der Waals surface area (Å²) >= 11 is 1.92. The number of para-hydroxylation sites is 1. The van der Waals surface area contributed by atoms with Crippen molar-refractivity contribution in [1.29, 1.82) is 0 Å². The number of rotatable bonds is 7. The first-order valence-electron chi connectivity index (χ1n) is 11.5. The van der Waals surface area contributed by atoms with Crippen molar-refractivity contribution in [3.63, 3.8) is 0 Å². The summed E-state index contributed by atoms with van der Waals surface area (Å²) in [6.45, 7) is 6.16. The molecule has 2 aliphatic heterocycles. The molecule has 4 rings (SSSR count). The van der Waals surface area contributed by atoms with Gasteiger partial charge in [-0.2, -0.15) is 0 Å². The Balaban J connectivity index is 0.000000371. The van der Waals surface area contributed by atoms with E-state index in [0.29, 0.717) is 36.5 Å². The molecule has 1 saturated heterocycles. The van der Waals surface area contributed by atoms with Crippen LogP contribution in [0.4, 0.5) is 5.69 Å². The first-order chi connectivity index (χ1) is 17.0. The fourth-order valence-corrected chi connectivity index (χ4v) is 5.12. The van der Waals surface area contributed by atoms with Crippen molar-refractivity contribution in [2.45, 2.75) is 10.1 Å². The monoisotopic (exact) mass is 501 g/mol. The molecule has 0 saturated carbocycles. The fraction of sp³-hybridized carbons (Fsp3) is 0.400. The van der Waals surface area contributed by atoms with E-state index in [1.165, 1.54) is 10.7 Å². The molecule has 1 aromatic carbocycles. The van der Waals surface area contributed by atoms with Gasteiger partial charge in [-0.25, -0.2) is 14.6 Å². The SMILES string of the molecule is O=C(O)/C=C/C(=O)O.OCCOCCN1CCN(C2=Nc3ccccc3SC3C=CC=CC23)CC1. The van der Waals surface area contributed by atoms with Gasteiger partial charge in [0.15, 0.2) is 0 Å². The maximum Gasteiger partial charge on any atom is 0.328 e. The number of amidine groups is 1. The molecule has 0 spiro atoms. The Morgan fingerprint density at radius 1 is 1.03 bits per heavy atom. The highest BCUT2D eigenvalue weighted by Crippen LogP contribution is 2.41. The number of nitrogens with zero attached hydrogens (tertiary/aromatic N) is 3. The van der Waals surface area contributed by atoms with E-state index < -0.39 is 11.9 Å². The average Bonchev–Trinajstić information content (AvgIpc) is 3.03. The van der Waals surface area contributed by atoms with E-state index in [1.807, 2.05) is 11.8 Å². The Labute approximate surface area is 209 Å². The summed E-state index contributed by atoms with van der Waals surface area (Å²) in [7, 11) is 0. The number of carboxylic acids is 2. The molecule has 188 valence electrons. The molecule has 0 aromatic heterocycles. The summed E-state index contributed by atoms with van der Waals surface area (Å²) < 4.78 is 5.41. The van der Waals surface area contributed by atoms with Crippen molar-refractivity contribution < 1.29 is 29.6 Å². The molecule has 9 nitrogen and oxygen atoms in total. The Morgan fingerprint density at radius 3 is 2.40 bits per heavy atom. The highest BCUT2D eigenvalue weighted by atomic mass is 32.2. The lowest BCUT2D eigenvalue weighted by Gasteiger charge is -2.39. The summed E-state index contributed by atoms with van der Waals surface area (Å²) in [5.74, 6) is -0.985. The van der Waals surface area contributed by atoms with Crippen LogP contribution in [0.15, 0.2) is 70.6 Å². The molecular weight excluding hydrogens is 470 g/mol. The van der Waals surface area contributed by atoms with Gasteiger partial charge in [0.1, 0.15) is 5.84 Å². The quantitative estimate of drug-likeness (QED) is 0.381. The van der Waals surface area contributed by atoms with Crippen LogP contribution in [0, 0.1) is 5.92 Å². The summed E-state index contributed by atoms with van der Waals surface area (Å²) in [6.07, 6.45) is 10.0. The number of carboxylic acid groups (broad SMARTS) is 2. The third-order valence-electron chi connectivity index (χ3n) is 5.60. The number of aliphatic carboxylic acids is 2. The van der Waals surface area contributed by atoms with Gasteiger partial charge in [-0.15, -0.1) is 11.8 Å². The first kappa shape index (κ1) is 26.7. The van der Waals surface area contributed by atoms with Crippen LogP contribution in [0.2, 0.25) is 0 Å². The number of thioether (sulfide) groups is 1. The third kappa shape index (κ3) is 8.36. The molecule has 10 heteroatoms. The van der Waals surface area contributed by atoms with Crippen LogP contribution >= 0.6 is 11.8 Å². The molecule has 2 heterocycles. The van der Waals surface area contributed by atoms with Gasteiger partial charge in [-0.3, -0.25) is 4.90 Å².